The molecule has 1 aliphatic carbocycles. The number of aryl methyl sites for hydroxylation is 1. The van der Waals surface area contributed by atoms with Crippen LogP contribution < -0.4 is 0 Å². The Bertz CT molecular complexity index is 1570. The van der Waals surface area contributed by atoms with E-state index in [-0.39, 0.29) is 12.1 Å². The number of carbonyl (C=O) groups excluding carboxylic acids is 1. The fraction of sp³-hybridized carbons (Fsp3) is 0.500. The third-order valence-corrected chi connectivity index (χ3v) is 9.08. The highest BCUT2D eigenvalue weighted by atomic mass is 35.5. The summed E-state index contributed by atoms with van der Waals surface area (Å²) >= 11 is 13.3. The smallest absolute Gasteiger partial charge is 0.410 e. The molecule has 0 N–H and O–H groups in total. The van der Waals surface area contributed by atoms with Crippen LogP contribution in [0.5, 0.6) is 0 Å². The van der Waals surface area contributed by atoms with Crippen LogP contribution in [0.2, 0.25) is 10.0 Å². The van der Waals surface area contributed by atoms with E-state index in [0.717, 1.165) is 53.6 Å². The molecule has 0 radical (unpaired) electrons. The van der Waals surface area contributed by atoms with Crippen LogP contribution in [0.1, 0.15) is 93.9 Å². The molecule has 2 aliphatic rings. The first-order valence-corrected chi connectivity index (χ1v) is 16.4. The number of unbranched alkanes of at least 4 members (excludes halogenated alkanes) is 3. The number of amides is 1. The molecule has 0 spiro atoms. The summed E-state index contributed by atoms with van der Waals surface area (Å²) in [5.74, 6) is 0. The summed E-state index contributed by atoms with van der Waals surface area (Å²) < 4.78 is 7.52. The molecule has 1 amide bonds. The molecule has 45 heavy (non-hydrogen) atoms. The van der Waals surface area contributed by atoms with Gasteiger partial charge in [0.1, 0.15) is 5.60 Å². The van der Waals surface area contributed by atoms with Crippen LogP contribution in [0.4, 0.5) is 4.79 Å². The van der Waals surface area contributed by atoms with Crippen LogP contribution in [-0.4, -0.2) is 62.2 Å². The topological polar surface area (TPSA) is 92.9 Å². The Morgan fingerprint density at radius 1 is 1.04 bits per heavy atom. The molecule has 3 aromatic rings. The molecule has 1 unspecified atom stereocenters. The van der Waals surface area contributed by atoms with Crippen molar-refractivity contribution in [2.75, 3.05) is 26.2 Å². The molecule has 11 heteroatoms. The third-order valence-electron chi connectivity index (χ3n) is 8.64. The predicted molar refractivity (Wildman–Crippen MR) is 179 cm³/mol. The van der Waals surface area contributed by atoms with E-state index in [2.05, 4.69) is 22.0 Å². The summed E-state index contributed by atoms with van der Waals surface area (Å²) in [6, 6.07) is 7.47. The molecule has 3 heterocycles. The molecule has 1 aliphatic heterocycles. The highest BCUT2D eigenvalue weighted by Gasteiger charge is 2.45. The van der Waals surface area contributed by atoms with Crippen LogP contribution >= 0.6 is 23.2 Å². The average molecular weight is 654 g/mol. The summed E-state index contributed by atoms with van der Waals surface area (Å²) in [7, 11) is 1.89. The lowest BCUT2D eigenvalue weighted by Crippen LogP contribution is -2.51. The van der Waals surface area contributed by atoms with E-state index in [1.165, 1.54) is 0 Å². The summed E-state index contributed by atoms with van der Waals surface area (Å²) in [5, 5.41) is 5.00. The van der Waals surface area contributed by atoms with Crippen molar-refractivity contribution in [1.29, 1.82) is 0 Å². The van der Waals surface area contributed by atoms with Crippen LogP contribution in [0.15, 0.2) is 48.2 Å². The molecule has 0 bridgehead atoms. The zero-order chi connectivity index (χ0) is 32.4. The molecule has 240 valence electrons. The Balaban J connectivity index is 1.64. The number of halogens is 2. The van der Waals surface area contributed by atoms with E-state index in [0.29, 0.717) is 48.3 Å². The molecule has 1 fully saturated rings. The van der Waals surface area contributed by atoms with Crippen molar-refractivity contribution < 1.29 is 9.53 Å². The lowest BCUT2D eigenvalue weighted by Gasteiger charge is -2.40. The number of aromatic nitrogens is 3. The number of hydrogen-bond donors (Lipinski definition) is 0. The van der Waals surface area contributed by atoms with Crippen LogP contribution in [0.25, 0.3) is 11.6 Å². The van der Waals surface area contributed by atoms with Crippen molar-refractivity contribution in [3.8, 4) is 0 Å². The fourth-order valence-electron chi connectivity index (χ4n) is 6.49. The normalized spacial score (nSPS) is 18.3. The van der Waals surface area contributed by atoms with Gasteiger partial charge in [-0.05, 0) is 68.2 Å². The number of hydrogen-bond acceptors (Lipinski definition) is 7. The number of pyridine rings is 1. The number of carbonyl (C=O) groups is 1. The van der Waals surface area contributed by atoms with Gasteiger partial charge in [0.05, 0.1) is 35.0 Å². The molecule has 2 aromatic heterocycles. The van der Waals surface area contributed by atoms with Crippen molar-refractivity contribution in [1.82, 2.24) is 24.3 Å². The van der Waals surface area contributed by atoms with Crippen molar-refractivity contribution >= 4 is 40.9 Å². The molecule has 2 atom stereocenters. The van der Waals surface area contributed by atoms with E-state index in [1.54, 1.807) is 23.6 Å². The van der Waals surface area contributed by atoms with Gasteiger partial charge in [-0.1, -0.05) is 67.1 Å². The van der Waals surface area contributed by atoms with Crippen molar-refractivity contribution in [2.24, 2.45) is 12.2 Å². The first-order valence-electron chi connectivity index (χ1n) is 15.7. The molecular weight excluding hydrogens is 611 g/mol. The Morgan fingerprint density at radius 2 is 1.80 bits per heavy atom. The minimum Gasteiger partial charge on any atom is -0.444 e. The standard InChI is InChI=1S/C34H42Cl2N6O3/c1-6-7-8-9-12-34(39-44,29-21-37-22-40(29)5)28-18-23-17-24(35)10-11-26(23)31(30-27(28)19-25(36)20-38-30)41-13-15-42(16-14-41)32(43)45-33(2,3)4/h10-11,17-22,31H,6-9,12-16H2,1-5H3/t31-,34?/m0/s1. The van der Waals surface area contributed by atoms with Crippen LogP contribution in [0, 0.1) is 4.91 Å². The van der Waals surface area contributed by atoms with Gasteiger partial charge in [-0.25, -0.2) is 9.78 Å². The SMILES string of the molecule is CCCCCCC(N=O)(C1=Cc2cc(Cl)ccc2[C@H](N2CCN(C(=O)OC(C)(C)C)CC2)c2ncc(Cl)cc21)c1cncn1C. The van der Waals surface area contributed by atoms with Gasteiger partial charge in [0.25, 0.3) is 0 Å². The monoisotopic (exact) mass is 652 g/mol. The fourth-order valence-corrected chi connectivity index (χ4v) is 6.83. The maximum atomic E-state index is 13.3. The second-order valence-corrected chi connectivity index (χ2v) is 13.8. The average Bonchev–Trinajstić information content (AvgIpc) is 3.38. The first kappa shape index (κ1) is 33.1. The number of ether oxygens (including phenoxy) is 1. The number of fused-ring (bicyclic) bond motifs is 2. The number of nitrogens with zero attached hydrogens (tertiary/aromatic N) is 6. The van der Waals surface area contributed by atoms with Gasteiger partial charge < -0.3 is 14.2 Å². The Morgan fingerprint density at radius 3 is 2.44 bits per heavy atom. The van der Waals surface area contributed by atoms with Gasteiger partial charge in [-0.15, -0.1) is 4.91 Å². The minimum atomic E-state index is -1.25. The second kappa shape index (κ2) is 13.6. The molecular formula is C34H42Cl2N6O3. The van der Waals surface area contributed by atoms with Crippen LogP contribution in [-0.2, 0) is 17.3 Å². The van der Waals surface area contributed by atoms with Gasteiger partial charge in [0.15, 0.2) is 5.54 Å². The summed E-state index contributed by atoms with van der Waals surface area (Å²) in [5.41, 5.74) is 3.06. The number of nitroso groups, excluding NO2 is 1. The first-order chi connectivity index (χ1) is 21.5. The lowest BCUT2D eigenvalue weighted by molar-refractivity contribution is 0.0118. The quantitative estimate of drug-likeness (QED) is 0.171. The number of rotatable bonds is 9. The van der Waals surface area contributed by atoms with E-state index < -0.39 is 11.1 Å². The van der Waals surface area contributed by atoms with E-state index in [1.807, 2.05) is 62.7 Å². The zero-order valence-corrected chi connectivity index (χ0v) is 28.2. The maximum Gasteiger partial charge on any atom is 0.410 e. The van der Waals surface area contributed by atoms with Crippen molar-refractivity contribution in [3.05, 3.63) is 86.0 Å². The third kappa shape index (κ3) is 6.95. The highest BCUT2D eigenvalue weighted by molar-refractivity contribution is 6.31. The molecule has 9 nitrogen and oxygen atoms in total. The number of benzene rings is 1. The summed E-state index contributed by atoms with van der Waals surface area (Å²) in [6.07, 6.45) is 11.3. The summed E-state index contributed by atoms with van der Waals surface area (Å²) in [4.78, 5) is 39.6. The number of imidazole rings is 1. The van der Waals surface area contributed by atoms with Gasteiger partial charge in [-0.3, -0.25) is 9.88 Å². The van der Waals surface area contributed by atoms with E-state index in [9.17, 15) is 9.70 Å². The van der Waals surface area contributed by atoms with Gasteiger partial charge in [0.2, 0.25) is 0 Å². The maximum absolute atomic E-state index is 13.3. The van der Waals surface area contributed by atoms with E-state index in [4.69, 9.17) is 32.9 Å². The highest BCUT2D eigenvalue weighted by Crippen LogP contribution is 2.50. The van der Waals surface area contributed by atoms with Gasteiger partial charge in [0, 0.05) is 50.0 Å². The lowest BCUT2D eigenvalue weighted by atomic mass is 9.78. The van der Waals surface area contributed by atoms with Gasteiger partial charge >= 0.3 is 6.09 Å². The molecule has 1 aromatic carbocycles. The van der Waals surface area contributed by atoms with Crippen molar-refractivity contribution in [3.63, 3.8) is 0 Å². The largest absolute Gasteiger partial charge is 0.444 e. The molecule has 5 rings (SSSR count). The van der Waals surface area contributed by atoms with Crippen molar-refractivity contribution in [2.45, 2.75) is 77.0 Å². The van der Waals surface area contributed by atoms with Crippen LogP contribution in [0.3, 0.4) is 0 Å². The predicted octanol–water partition coefficient (Wildman–Crippen LogP) is 8.25. The Hall–Kier alpha value is -3.27. The number of piperazine rings is 1. The minimum absolute atomic E-state index is 0.282. The van der Waals surface area contributed by atoms with E-state index >= 15 is 0 Å². The second-order valence-electron chi connectivity index (χ2n) is 13.0. The summed E-state index contributed by atoms with van der Waals surface area (Å²) in [6.45, 7) is 9.98. The van der Waals surface area contributed by atoms with Gasteiger partial charge in [-0.2, -0.15) is 0 Å². The Kier molecular flexibility index (Phi) is 10.0. The molecule has 1 saturated heterocycles. The molecule has 0 saturated carbocycles. The Labute approximate surface area is 275 Å². The zero-order valence-electron chi connectivity index (χ0n) is 26.7.